The van der Waals surface area contributed by atoms with Crippen LogP contribution in [0.1, 0.15) is 24.2 Å². The number of carbonyl (C=O) groups excluding carboxylic acids is 1. The number of phenols is 1. The van der Waals surface area contributed by atoms with Crippen molar-refractivity contribution >= 4 is 5.91 Å². The molecule has 1 amide bonds. The summed E-state index contributed by atoms with van der Waals surface area (Å²) in [6, 6.07) is 3.90. The van der Waals surface area contributed by atoms with E-state index in [4.69, 9.17) is 0 Å². The molecule has 0 atom stereocenters. The summed E-state index contributed by atoms with van der Waals surface area (Å²) >= 11 is 0. The van der Waals surface area contributed by atoms with E-state index < -0.39 is 11.7 Å². The molecule has 1 aromatic carbocycles. The lowest BCUT2D eigenvalue weighted by Crippen LogP contribution is -2.39. The minimum Gasteiger partial charge on any atom is -0.507 e. The fourth-order valence-electron chi connectivity index (χ4n) is 1.92. The first-order valence-corrected chi connectivity index (χ1v) is 6.74. The summed E-state index contributed by atoms with van der Waals surface area (Å²) in [6.45, 7) is 5.71. The number of aromatic hydroxyl groups is 1. The largest absolute Gasteiger partial charge is 0.507 e. The number of rotatable bonds is 6. The number of likely N-dealkylation sites (N-methyl/N-ethyl adjacent to an activating group) is 1. The van der Waals surface area contributed by atoms with E-state index in [1.165, 1.54) is 18.2 Å². The molecule has 0 radical (unpaired) electrons. The molecule has 0 heterocycles. The second kappa shape index (κ2) is 7.24. The highest BCUT2D eigenvalue weighted by molar-refractivity contribution is 5.97. The predicted octanol–water partition coefficient (Wildman–Crippen LogP) is 2.19. The molecule has 0 fully saturated rings. The van der Waals surface area contributed by atoms with Gasteiger partial charge in [0.1, 0.15) is 17.1 Å². The molecule has 4 nitrogen and oxygen atoms in total. The Hall–Kier alpha value is -1.62. The zero-order valence-corrected chi connectivity index (χ0v) is 12.6. The molecular weight excluding hydrogens is 259 g/mol. The molecule has 0 bridgehead atoms. The van der Waals surface area contributed by atoms with Crippen LogP contribution in [0, 0.1) is 11.7 Å². The van der Waals surface area contributed by atoms with E-state index >= 15 is 0 Å². The summed E-state index contributed by atoms with van der Waals surface area (Å²) < 4.78 is 13.8. The molecule has 0 saturated heterocycles. The Labute approximate surface area is 119 Å². The van der Waals surface area contributed by atoms with Gasteiger partial charge in [0.2, 0.25) is 0 Å². The maximum atomic E-state index is 13.8. The Balaban J connectivity index is 2.97. The van der Waals surface area contributed by atoms with Crippen molar-refractivity contribution in [2.75, 3.05) is 33.7 Å². The van der Waals surface area contributed by atoms with E-state index in [0.717, 1.165) is 0 Å². The second-order valence-corrected chi connectivity index (χ2v) is 5.58. The van der Waals surface area contributed by atoms with Gasteiger partial charge in [-0.1, -0.05) is 19.9 Å². The van der Waals surface area contributed by atoms with Crippen molar-refractivity contribution in [2.45, 2.75) is 13.8 Å². The Bertz CT molecular complexity index is 441. The Morgan fingerprint density at radius 3 is 2.45 bits per heavy atom. The van der Waals surface area contributed by atoms with Crippen LogP contribution in [-0.4, -0.2) is 54.5 Å². The molecule has 1 aromatic rings. The molecule has 0 unspecified atom stereocenters. The fourth-order valence-corrected chi connectivity index (χ4v) is 1.92. The van der Waals surface area contributed by atoms with Crippen molar-refractivity contribution in [3.05, 3.63) is 29.6 Å². The Kier molecular flexibility index (Phi) is 5.95. The van der Waals surface area contributed by atoms with Gasteiger partial charge in [-0.3, -0.25) is 4.79 Å². The molecular formula is C15H23FN2O2. The maximum Gasteiger partial charge on any atom is 0.260 e. The molecule has 0 aliphatic heterocycles. The summed E-state index contributed by atoms with van der Waals surface area (Å²) in [4.78, 5) is 16.0. The Morgan fingerprint density at radius 2 is 1.95 bits per heavy atom. The first kappa shape index (κ1) is 16.4. The van der Waals surface area contributed by atoms with Crippen LogP contribution >= 0.6 is 0 Å². The SMILES string of the molecule is CC(C)CN(CCN(C)C)C(=O)c1c(O)cccc1F. The van der Waals surface area contributed by atoms with Gasteiger partial charge in [-0.2, -0.15) is 0 Å². The van der Waals surface area contributed by atoms with Gasteiger partial charge in [-0.25, -0.2) is 4.39 Å². The third kappa shape index (κ3) is 4.49. The lowest BCUT2D eigenvalue weighted by Gasteiger charge is -2.26. The van der Waals surface area contributed by atoms with Gasteiger partial charge in [-0.05, 0) is 32.1 Å². The normalized spacial score (nSPS) is 11.2. The second-order valence-electron chi connectivity index (χ2n) is 5.58. The van der Waals surface area contributed by atoms with Gasteiger partial charge < -0.3 is 14.9 Å². The van der Waals surface area contributed by atoms with Crippen LogP contribution < -0.4 is 0 Å². The van der Waals surface area contributed by atoms with Gasteiger partial charge in [0.15, 0.2) is 0 Å². The molecule has 0 spiro atoms. The zero-order valence-electron chi connectivity index (χ0n) is 12.6. The number of carbonyl (C=O) groups is 1. The molecule has 20 heavy (non-hydrogen) atoms. The standard InChI is InChI=1S/C15H23FN2O2/c1-11(2)10-18(9-8-17(3)4)15(20)14-12(16)6-5-7-13(14)19/h5-7,11,19H,8-10H2,1-4H3. The van der Waals surface area contributed by atoms with Crippen molar-refractivity contribution in [3.8, 4) is 5.75 Å². The van der Waals surface area contributed by atoms with E-state index in [1.54, 1.807) is 4.90 Å². The number of benzene rings is 1. The Morgan fingerprint density at radius 1 is 1.30 bits per heavy atom. The van der Waals surface area contributed by atoms with E-state index in [0.29, 0.717) is 19.6 Å². The quantitative estimate of drug-likeness (QED) is 0.870. The van der Waals surface area contributed by atoms with Crippen LogP contribution in [0.4, 0.5) is 4.39 Å². The number of amides is 1. The van der Waals surface area contributed by atoms with Crippen molar-refractivity contribution in [1.82, 2.24) is 9.80 Å². The minimum atomic E-state index is -0.686. The molecule has 1 N–H and O–H groups in total. The number of halogens is 1. The summed E-state index contributed by atoms with van der Waals surface area (Å²) in [5, 5.41) is 9.72. The summed E-state index contributed by atoms with van der Waals surface area (Å²) in [5.41, 5.74) is -0.244. The fraction of sp³-hybridized carbons (Fsp3) is 0.533. The van der Waals surface area contributed by atoms with Crippen LogP contribution in [0.15, 0.2) is 18.2 Å². The van der Waals surface area contributed by atoms with Crippen molar-refractivity contribution in [2.24, 2.45) is 5.92 Å². The van der Waals surface area contributed by atoms with Gasteiger partial charge in [-0.15, -0.1) is 0 Å². The first-order chi connectivity index (χ1) is 9.32. The van der Waals surface area contributed by atoms with Crippen molar-refractivity contribution in [1.29, 1.82) is 0 Å². The highest BCUT2D eigenvalue weighted by Gasteiger charge is 2.23. The van der Waals surface area contributed by atoms with Crippen molar-refractivity contribution < 1.29 is 14.3 Å². The van der Waals surface area contributed by atoms with E-state index in [9.17, 15) is 14.3 Å². The predicted molar refractivity (Wildman–Crippen MR) is 77.4 cm³/mol. The lowest BCUT2D eigenvalue weighted by molar-refractivity contribution is 0.0716. The summed E-state index contributed by atoms with van der Waals surface area (Å²) in [7, 11) is 3.83. The van der Waals surface area contributed by atoms with Crippen LogP contribution in [0.5, 0.6) is 5.75 Å². The van der Waals surface area contributed by atoms with Crippen molar-refractivity contribution in [3.63, 3.8) is 0 Å². The molecule has 5 heteroatoms. The first-order valence-electron chi connectivity index (χ1n) is 6.74. The minimum absolute atomic E-state index is 0.244. The molecule has 0 aromatic heterocycles. The van der Waals surface area contributed by atoms with E-state index in [2.05, 4.69) is 0 Å². The monoisotopic (exact) mass is 282 g/mol. The molecule has 1 rings (SSSR count). The van der Waals surface area contributed by atoms with Crippen LogP contribution in [0.3, 0.4) is 0 Å². The molecule has 0 aliphatic rings. The summed E-state index contributed by atoms with van der Waals surface area (Å²) in [5.74, 6) is -1.19. The van der Waals surface area contributed by atoms with Crippen LogP contribution in [0.25, 0.3) is 0 Å². The number of hydrogen-bond acceptors (Lipinski definition) is 3. The average molecular weight is 282 g/mol. The van der Waals surface area contributed by atoms with Gasteiger partial charge in [0, 0.05) is 19.6 Å². The van der Waals surface area contributed by atoms with Gasteiger partial charge >= 0.3 is 0 Å². The smallest absolute Gasteiger partial charge is 0.260 e. The molecule has 112 valence electrons. The van der Waals surface area contributed by atoms with Crippen LogP contribution in [-0.2, 0) is 0 Å². The zero-order chi connectivity index (χ0) is 15.3. The lowest BCUT2D eigenvalue weighted by atomic mass is 10.1. The molecule has 0 saturated carbocycles. The number of hydrogen-bond donors (Lipinski definition) is 1. The highest BCUT2D eigenvalue weighted by Crippen LogP contribution is 2.22. The van der Waals surface area contributed by atoms with Gasteiger partial charge in [0.05, 0.1) is 0 Å². The third-order valence-corrected chi connectivity index (χ3v) is 2.90. The van der Waals surface area contributed by atoms with Crippen LogP contribution in [0.2, 0.25) is 0 Å². The highest BCUT2D eigenvalue weighted by atomic mass is 19.1. The number of phenolic OH excluding ortho intramolecular Hbond substituents is 1. The molecule has 0 aliphatic carbocycles. The average Bonchev–Trinajstić information content (AvgIpc) is 2.33. The van der Waals surface area contributed by atoms with Gasteiger partial charge in [0.25, 0.3) is 5.91 Å². The van der Waals surface area contributed by atoms with E-state index in [1.807, 2.05) is 32.8 Å². The van der Waals surface area contributed by atoms with E-state index in [-0.39, 0.29) is 17.2 Å². The topological polar surface area (TPSA) is 43.8 Å². The maximum absolute atomic E-state index is 13.8. The summed E-state index contributed by atoms with van der Waals surface area (Å²) in [6.07, 6.45) is 0. The number of nitrogens with zero attached hydrogens (tertiary/aromatic N) is 2. The third-order valence-electron chi connectivity index (χ3n) is 2.90.